The van der Waals surface area contributed by atoms with Gasteiger partial charge in [0.25, 0.3) is 0 Å². The molecule has 0 bridgehead atoms. The SMILES string of the molecule is COc1ccc(-c2nc(COc3cc(C)c4c(C)nn(C)c4n3)c(C)o2)c(OC)c1. The average Bonchev–Trinajstić information content (AvgIpc) is 3.24. The molecule has 8 heteroatoms. The first-order valence-electron chi connectivity index (χ1n) is 9.53. The van der Waals surface area contributed by atoms with E-state index >= 15 is 0 Å². The molecule has 1 aromatic carbocycles. The van der Waals surface area contributed by atoms with Gasteiger partial charge in [-0.25, -0.2) is 4.98 Å². The van der Waals surface area contributed by atoms with Gasteiger partial charge in [-0.15, -0.1) is 0 Å². The minimum absolute atomic E-state index is 0.239. The zero-order chi connectivity index (χ0) is 21.4. The Hall–Kier alpha value is -3.55. The highest BCUT2D eigenvalue weighted by Crippen LogP contribution is 2.34. The van der Waals surface area contributed by atoms with Crippen LogP contribution >= 0.6 is 0 Å². The first kappa shape index (κ1) is 19.8. The molecule has 0 amide bonds. The Bertz CT molecular complexity index is 1230. The molecule has 3 heterocycles. The second-order valence-electron chi connectivity index (χ2n) is 7.06. The number of hydrogen-bond acceptors (Lipinski definition) is 7. The molecular formula is C22H24N4O4. The quantitative estimate of drug-likeness (QED) is 0.474. The first-order valence-corrected chi connectivity index (χ1v) is 9.53. The van der Waals surface area contributed by atoms with Crippen molar-refractivity contribution in [2.75, 3.05) is 14.2 Å². The molecule has 0 aliphatic heterocycles. The summed E-state index contributed by atoms with van der Waals surface area (Å²) in [5.41, 5.74) is 4.26. The van der Waals surface area contributed by atoms with E-state index in [1.807, 2.05) is 46.0 Å². The van der Waals surface area contributed by atoms with Gasteiger partial charge in [0.1, 0.15) is 29.6 Å². The summed E-state index contributed by atoms with van der Waals surface area (Å²) in [6, 6.07) is 7.41. The van der Waals surface area contributed by atoms with Crippen molar-refractivity contribution in [2.45, 2.75) is 27.4 Å². The van der Waals surface area contributed by atoms with Gasteiger partial charge in [-0.3, -0.25) is 4.68 Å². The summed E-state index contributed by atoms with van der Waals surface area (Å²) in [6.07, 6.45) is 0. The Labute approximate surface area is 174 Å². The van der Waals surface area contributed by atoms with Crippen LogP contribution in [0.1, 0.15) is 22.7 Å². The molecule has 0 atom stereocenters. The van der Waals surface area contributed by atoms with Gasteiger partial charge < -0.3 is 18.6 Å². The molecule has 0 unspecified atom stereocenters. The molecule has 156 valence electrons. The average molecular weight is 408 g/mol. The van der Waals surface area contributed by atoms with Crippen LogP contribution in [0.15, 0.2) is 28.7 Å². The van der Waals surface area contributed by atoms with Crippen LogP contribution in [0.4, 0.5) is 0 Å². The zero-order valence-electron chi connectivity index (χ0n) is 17.9. The Morgan fingerprint density at radius 1 is 1.03 bits per heavy atom. The minimum atomic E-state index is 0.239. The van der Waals surface area contributed by atoms with E-state index in [0.717, 1.165) is 27.9 Å². The third kappa shape index (κ3) is 3.45. The molecule has 4 rings (SSSR count). The summed E-state index contributed by atoms with van der Waals surface area (Å²) in [7, 11) is 5.09. The van der Waals surface area contributed by atoms with Crippen LogP contribution < -0.4 is 14.2 Å². The lowest BCUT2D eigenvalue weighted by molar-refractivity contribution is 0.288. The predicted molar refractivity (Wildman–Crippen MR) is 112 cm³/mol. The van der Waals surface area contributed by atoms with E-state index < -0.39 is 0 Å². The summed E-state index contributed by atoms with van der Waals surface area (Å²) < 4.78 is 24.3. The number of hydrogen-bond donors (Lipinski definition) is 0. The maximum absolute atomic E-state index is 5.94. The monoisotopic (exact) mass is 408 g/mol. The zero-order valence-corrected chi connectivity index (χ0v) is 17.9. The number of oxazole rings is 1. The van der Waals surface area contributed by atoms with Crippen molar-refractivity contribution < 1.29 is 18.6 Å². The lowest BCUT2D eigenvalue weighted by Crippen LogP contribution is -2.01. The second kappa shape index (κ2) is 7.70. The van der Waals surface area contributed by atoms with Crippen LogP contribution in [0.3, 0.4) is 0 Å². The normalized spacial score (nSPS) is 11.1. The molecule has 0 N–H and O–H groups in total. The summed E-state index contributed by atoms with van der Waals surface area (Å²) >= 11 is 0. The fourth-order valence-electron chi connectivity index (χ4n) is 3.50. The molecular weight excluding hydrogens is 384 g/mol. The number of aromatic nitrogens is 4. The predicted octanol–water partition coefficient (Wildman–Crippen LogP) is 4.14. The molecule has 0 spiro atoms. The molecule has 0 fully saturated rings. The molecule has 0 aliphatic rings. The first-order chi connectivity index (χ1) is 14.4. The van der Waals surface area contributed by atoms with Crippen molar-refractivity contribution in [3.8, 4) is 28.8 Å². The maximum Gasteiger partial charge on any atom is 0.230 e. The van der Waals surface area contributed by atoms with Crippen molar-refractivity contribution in [2.24, 2.45) is 7.05 Å². The number of pyridine rings is 1. The molecule has 30 heavy (non-hydrogen) atoms. The van der Waals surface area contributed by atoms with E-state index in [-0.39, 0.29) is 6.61 Å². The lowest BCUT2D eigenvalue weighted by atomic mass is 10.2. The minimum Gasteiger partial charge on any atom is -0.497 e. The third-order valence-corrected chi connectivity index (χ3v) is 5.03. The highest BCUT2D eigenvalue weighted by atomic mass is 16.5. The van der Waals surface area contributed by atoms with Crippen LogP contribution in [0, 0.1) is 20.8 Å². The molecule has 3 aromatic heterocycles. The van der Waals surface area contributed by atoms with Crippen molar-refractivity contribution in [3.63, 3.8) is 0 Å². The van der Waals surface area contributed by atoms with Crippen molar-refractivity contribution in [3.05, 3.63) is 47.0 Å². The lowest BCUT2D eigenvalue weighted by Gasteiger charge is -2.07. The Kier molecular flexibility index (Phi) is 5.07. The van der Waals surface area contributed by atoms with Crippen LogP contribution in [0.25, 0.3) is 22.5 Å². The molecule has 0 aliphatic carbocycles. The van der Waals surface area contributed by atoms with E-state index in [1.165, 1.54) is 0 Å². The fraction of sp³-hybridized carbons (Fsp3) is 0.318. The number of benzene rings is 1. The molecule has 0 saturated carbocycles. The fourth-order valence-corrected chi connectivity index (χ4v) is 3.50. The largest absolute Gasteiger partial charge is 0.497 e. The van der Waals surface area contributed by atoms with Gasteiger partial charge in [-0.05, 0) is 38.5 Å². The number of fused-ring (bicyclic) bond motifs is 1. The van der Waals surface area contributed by atoms with Gasteiger partial charge in [0, 0.05) is 24.6 Å². The molecule has 8 nitrogen and oxygen atoms in total. The van der Waals surface area contributed by atoms with E-state index in [1.54, 1.807) is 25.0 Å². The van der Waals surface area contributed by atoms with Gasteiger partial charge in [-0.2, -0.15) is 10.1 Å². The summed E-state index contributed by atoms with van der Waals surface area (Å²) in [6.45, 7) is 6.10. The van der Waals surface area contributed by atoms with Crippen LogP contribution in [0.2, 0.25) is 0 Å². The smallest absolute Gasteiger partial charge is 0.230 e. The van der Waals surface area contributed by atoms with Crippen molar-refractivity contribution in [1.82, 2.24) is 19.7 Å². The number of methoxy groups -OCH3 is 2. The Balaban J connectivity index is 1.60. The maximum atomic E-state index is 5.94. The molecule has 0 radical (unpaired) electrons. The van der Waals surface area contributed by atoms with E-state index in [2.05, 4.69) is 15.1 Å². The van der Waals surface area contributed by atoms with Crippen molar-refractivity contribution in [1.29, 1.82) is 0 Å². The second-order valence-corrected chi connectivity index (χ2v) is 7.06. The standard InChI is InChI=1S/C22H24N4O4/c1-12-9-19(24-21-20(12)13(2)25-26(21)4)29-11-17-14(3)30-22(23-17)16-8-7-15(27-5)10-18(16)28-6/h7-10H,11H2,1-6H3. The van der Waals surface area contributed by atoms with E-state index in [0.29, 0.717) is 34.7 Å². The number of rotatable bonds is 6. The van der Waals surface area contributed by atoms with Gasteiger partial charge >= 0.3 is 0 Å². The third-order valence-electron chi connectivity index (χ3n) is 5.03. The van der Waals surface area contributed by atoms with Crippen LogP contribution in [-0.4, -0.2) is 34.0 Å². The van der Waals surface area contributed by atoms with E-state index in [9.17, 15) is 0 Å². The van der Waals surface area contributed by atoms with Gasteiger partial charge in [-0.1, -0.05) is 0 Å². The van der Waals surface area contributed by atoms with E-state index in [4.69, 9.17) is 18.6 Å². The highest BCUT2D eigenvalue weighted by Gasteiger charge is 2.17. The Morgan fingerprint density at radius 2 is 1.83 bits per heavy atom. The van der Waals surface area contributed by atoms with Gasteiger partial charge in [0.15, 0.2) is 5.65 Å². The van der Waals surface area contributed by atoms with Gasteiger partial charge in [0.05, 0.1) is 25.5 Å². The van der Waals surface area contributed by atoms with Gasteiger partial charge in [0.2, 0.25) is 11.8 Å². The van der Waals surface area contributed by atoms with Crippen LogP contribution in [-0.2, 0) is 13.7 Å². The molecule has 4 aromatic rings. The number of ether oxygens (including phenoxy) is 3. The van der Waals surface area contributed by atoms with Crippen LogP contribution in [0.5, 0.6) is 17.4 Å². The summed E-state index contributed by atoms with van der Waals surface area (Å²) in [5, 5.41) is 5.49. The number of aryl methyl sites for hydroxylation is 4. The summed E-state index contributed by atoms with van der Waals surface area (Å²) in [4.78, 5) is 9.21. The number of nitrogens with zero attached hydrogens (tertiary/aromatic N) is 4. The Morgan fingerprint density at radius 3 is 2.57 bits per heavy atom. The van der Waals surface area contributed by atoms with Crippen molar-refractivity contribution >= 4 is 11.0 Å². The highest BCUT2D eigenvalue weighted by molar-refractivity contribution is 5.82. The topological polar surface area (TPSA) is 84.4 Å². The molecule has 0 saturated heterocycles. The summed E-state index contributed by atoms with van der Waals surface area (Å²) in [5.74, 6) is 2.99.